The van der Waals surface area contributed by atoms with Crippen molar-refractivity contribution in [2.75, 3.05) is 38.4 Å². The second-order valence-corrected chi connectivity index (χ2v) is 11.6. The predicted octanol–water partition coefficient (Wildman–Crippen LogP) is 3.07. The number of anilines is 1. The van der Waals surface area contributed by atoms with Gasteiger partial charge in [0.05, 0.1) is 36.3 Å². The zero-order valence-electron chi connectivity index (χ0n) is 22.1. The SMILES string of the molecule is COc1cccc(F)c1-c1nccc(C(=O)Cc2ccc3c(cnn3C)c2N(C)[C@H]2CCN(S(C)(=O)=O)C2)n1. The highest BCUT2D eigenvalue weighted by Crippen LogP contribution is 2.35. The Balaban J connectivity index is 1.50. The number of methoxy groups -OCH3 is 1. The lowest BCUT2D eigenvalue weighted by molar-refractivity contribution is 0.0988. The Morgan fingerprint density at radius 1 is 1.23 bits per heavy atom. The monoisotopic (exact) mass is 552 g/mol. The highest BCUT2D eigenvalue weighted by molar-refractivity contribution is 7.88. The summed E-state index contributed by atoms with van der Waals surface area (Å²) in [6, 6.07) is 9.65. The lowest BCUT2D eigenvalue weighted by Gasteiger charge is -2.29. The van der Waals surface area contributed by atoms with Gasteiger partial charge in [-0.1, -0.05) is 12.1 Å². The molecule has 0 spiro atoms. The molecule has 2 aromatic carbocycles. The molecular formula is C27H29FN6O4S. The third kappa shape index (κ3) is 5.09. The maximum atomic E-state index is 14.6. The summed E-state index contributed by atoms with van der Waals surface area (Å²) in [4.78, 5) is 24.1. The van der Waals surface area contributed by atoms with Crippen LogP contribution in [0.25, 0.3) is 22.3 Å². The van der Waals surface area contributed by atoms with Crippen molar-refractivity contribution in [3.05, 3.63) is 65.9 Å². The summed E-state index contributed by atoms with van der Waals surface area (Å²) in [6.45, 7) is 0.799. The average molecular weight is 553 g/mol. The summed E-state index contributed by atoms with van der Waals surface area (Å²) in [5.74, 6) is -0.492. The fourth-order valence-corrected chi connectivity index (χ4v) is 6.00. The lowest BCUT2D eigenvalue weighted by Crippen LogP contribution is -2.36. The minimum atomic E-state index is -3.30. The van der Waals surface area contributed by atoms with Crippen molar-refractivity contribution in [3.8, 4) is 17.1 Å². The van der Waals surface area contributed by atoms with E-state index in [-0.39, 0.29) is 41.1 Å². The number of fused-ring (bicyclic) bond motifs is 1. The smallest absolute Gasteiger partial charge is 0.211 e. The van der Waals surface area contributed by atoms with Crippen LogP contribution in [0.15, 0.2) is 48.8 Å². The largest absolute Gasteiger partial charge is 0.496 e. The number of benzene rings is 2. The molecule has 0 amide bonds. The van der Waals surface area contributed by atoms with Gasteiger partial charge in [0.15, 0.2) is 11.6 Å². The molecule has 1 aliphatic heterocycles. The summed E-state index contributed by atoms with van der Waals surface area (Å²) in [7, 11) is 1.89. The number of likely N-dealkylation sites (N-methyl/N-ethyl adjacent to an activating group) is 1. The van der Waals surface area contributed by atoms with Gasteiger partial charge in [0.1, 0.15) is 17.3 Å². The molecule has 2 aromatic heterocycles. The molecule has 0 bridgehead atoms. The Hall–Kier alpha value is -3.90. The van der Waals surface area contributed by atoms with Crippen LogP contribution < -0.4 is 9.64 Å². The van der Waals surface area contributed by atoms with Crippen LogP contribution in [0, 0.1) is 5.82 Å². The van der Waals surface area contributed by atoms with Crippen molar-refractivity contribution in [1.29, 1.82) is 0 Å². The number of Topliss-reactive ketones (excluding diaryl/α,β-unsaturated/α-hetero) is 1. The van der Waals surface area contributed by atoms with Crippen LogP contribution >= 0.6 is 0 Å². The van der Waals surface area contributed by atoms with E-state index in [1.165, 1.54) is 42.1 Å². The van der Waals surface area contributed by atoms with Crippen molar-refractivity contribution in [2.24, 2.45) is 7.05 Å². The Kier molecular flexibility index (Phi) is 7.08. The standard InChI is InChI=1S/C27H29FN6O4S/c1-32(18-11-13-34(16-18)39(4,36)37)26-17(8-9-22-19(26)15-30-33(22)2)14-23(35)21-10-12-29-27(31-21)25-20(28)6-5-7-24(25)38-3/h5-10,12,15,18H,11,13-14,16H2,1-4H3/t18-/m0/s1. The summed E-state index contributed by atoms with van der Waals surface area (Å²) in [6.07, 6.45) is 5.09. The zero-order valence-corrected chi connectivity index (χ0v) is 22.9. The Morgan fingerprint density at radius 3 is 2.74 bits per heavy atom. The number of aryl methyl sites for hydroxylation is 1. The normalized spacial score (nSPS) is 16.1. The maximum absolute atomic E-state index is 14.6. The van der Waals surface area contributed by atoms with Gasteiger partial charge in [0.25, 0.3) is 0 Å². The maximum Gasteiger partial charge on any atom is 0.211 e. The zero-order chi connectivity index (χ0) is 27.9. The van der Waals surface area contributed by atoms with Crippen LogP contribution in [-0.4, -0.2) is 77.8 Å². The first-order valence-corrected chi connectivity index (χ1v) is 14.2. The third-order valence-electron chi connectivity index (χ3n) is 7.19. The van der Waals surface area contributed by atoms with Crippen molar-refractivity contribution in [3.63, 3.8) is 0 Å². The first kappa shape index (κ1) is 26.7. The van der Waals surface area contributed by atoms with Gasteiger partial charge in [-0.25, -0.2) is 27.1 Å². The highest BCUT2D eigenvalue weighted by Gasteiger charge is 2.33. The highest BCUT2D eigenvalue weighted by atomic mass is 32.2. The van der Waals surface area contributed by atoms with E-state index in [0.29, 0.717) is 19.5 Å². The molecule has 12 heteroatoms. The van der Waals surface area contributed by atoms with Crippen molar-refractivity contribution in [1.82, 2.24) is 24.1 Å². The van der Waals surface area contributed by atoms with Gasteiger partial charge in [-0.05, 0) is 36.2 Å². The molecule has 39 heavy (non-hydrogen) atoms. The number of rotatable bonds is 8. The van der Waals surface area contributed by atoms with Gasteiger partial charge < -0.3 is 9.64 Å². The second-order valence-electron chi connectivity index (χ2n) is 9.63. The number of ketones is 1. The molecule has 0 N–H and O–H groups in total. The molecule has 1 aliphatic rings. The molecule has 5 rings (SSSR count). The molecule has 1 atom stereocenters. The molecule has 0 aliphatic carbocycles. The number of carbonyl (C=O) groups is 1. The van der Waals surface area contributed by atoms with Gasteiger partial charge in [0, 0.05) is 51.2 Å². The Morgan fingerprint density at radius 2 is 2.03 bits per heavy atom. The van der Waals surface area contributed by atoms with E-state index in [9.17, 15) is 17.6 Å². The predicted molar refractivity (Wildman–Crippen MR) is 146 cm³/mol. The van der Waals surface area contributed by atoms with Crippen LogP contribution in [0.1, 0.15) is 22.5 Å². The molecule has 1 saturated heterocycles. The van der Waals surface area contributed by atoms with Crippen molar-refractivity contribution < 1.29 is 22.3 Å². The van der Waals surface area contributed by atoms with Crippen LogP contribution in [-0.2, 0) is 23.5 Å². The van der Waals surface area contributed by atoms with E-state index in [0.717, 1.165) is 22.2 Å². The van der Waals surface area contributed by atoms with Crippen LogP contribution in [0.5, 0.6) is 5.75 Å². The molecule has 3 heterocycles. The number of aromatic nitrogens is 4. The third-order valence-corrected chi connectivity index (χ3v) is 8.46. The second kappa shape index (κ2) is 10.3. The number of halogens is 1. The number of hydrogen-bond acceptors (Lipinski definition) is 8. The molecule has 0 saturated carbocycles. The summed E-state index contributed by atoms with van der Waals surface area (Å²) in [5.41, 5.74) is 2.70. The molecule has 204 valence electrons. The van der Waals surface area contributed by atoms with E-state index in [4.69, 9.17) is 4.74 Å². The average Bonchev–Trinajstić information content (AvgIpc) is 3.56. The van der Waals surface area contributed by atoms with Crippen molar-refractivity contribution >= 4 is 32.4 Å². The quantitative estimate of drug-likeness (QED) is 0.307. The van der Waals surface area contributed by atoms with E-state index >= 15 is 0 Å². The van der Waals surface area contributed by atoms with E-state index in [1.54, 1.807) is 16.9 Å². The first-order valence-electron chi connectivity index (χ1n) is 12.4. The number of hydrogen-bond donors (Lipinski definition) is 0. The van der Waals surface area contributed by atoms with Gasteiger partial charge >= 0.3 is 0 Å². The minimum absolute atomic E-state index is 0.0257. The number of sulfonamides is 1. The van der Waals surface area contributed by atoms with Gasteiger partial charge in [-0.3, -0.25) is 9.48 Å². The Bertz CT molecular complexity index is 1670. The summed E-state index contributed by atoms with van der Waals surface area (Å²) in [5, 5.41) is 5.26. The van der Waals surface area contributed by atoms with E-state index < -0.39 is 15.8 Å². The van der Waals surface area contributed by atoms with Gasteiger partial charge in [-0.2, -0.15) is 5.10 Å². The Labute approximate surface area is 226 Å². The molecular weight excluding hydrogens is 523 g/mol. The summed E-state index contributed by atoms with van der Waals surface area (Å²) < 4.78 is 47.4. The van der Waals surface area contributed by atoms with E-state index in [2.05, 4.69) is 15.1 Å². The summed E-state index contributed by atoms with van der Waals surface area (Å²) >= 11 is 0. The van der Waals surface area contributed by atoms with Crippen molar-refractivity contribution in [2.45, 2.75) is 18.9 Å². The fraction of sp³-hybridized carbons (Fsp3) is 0.333. The van der Waals surface area contributed by atoms with Crippen LogP contribution in [0.3, 0.4) is 0 Å². The number of nitrogens with zero attached hydrogens (tertiary/aromatic N) is 6. The van der Waals surface area contributed by atoms with E-state index in [1.807, 2.05) is 31.1 Å². The molecule has 10 nitrogen and oxygen atoms in total. The van der Waals surface area contributed by atoms with Gasteiger partial charge in [0.2, 0.25) is 10.0 Å². The number of ether oxygens (including phenoxy) is 1. The van der Waals surface area contributed by atoms with Crippen LogP contribution in [0.2, 0.25) is 0 Å². The number of carbonyl (C=O) groups excluding carboxylic acids is 1. The molecule has 0 radical (unpaired) electrons. The fourth-order valence-electron chi connectivity index (χ4n) is 5.12. The minimum Gasteiger partial charge on any atom is -0.496 e. The molecule has 1 fully saturated rings. The topological polar surface area (TPSA) is 111 Å². The molecule has 0 unspecified atom stereocenters. The first-order chi connectivity index (χ1) is 18.6. The lowest BCUT2D eigenvalue weighted by atomic mass is 10.00. The van der Waals surface area contributed by atoms with Crippen LogP contribution in [0.4, 0.5) is 10.1 Å². The molecule has 4 aromatic rings. The van der Waals surface area contributed by atoms with Gasteiger partial charge in [-0.15, -0.1) is 0 Å².